The minimum Gasteiger partial charge on any atom is -0.350 e. The van der Waals surface area contributed by atoms with Crippen molar-refractivity contribution in [2.24, 2.45) is 0 Å². The molecule has 0 saturated heterocycles. The second-order valence-electron chi connectivity index (χ2n) is 4.93. The summed E-state index contributed by atoms with van der Waals surface area (Å²) in [4.78, 5) is 27.6. The minimum absolute atomic E-state index is 0.130. The van der Waals surface area contributed by atoms with Crippen molar-refractivity contribution < 1.29 is 4.79 Å². The van der Waals surface area contributed by atoms with Gasteiger partial charge in [0.15, 0.2) is 0 Å². The van der Waals surface area contributed by atoms with Gasteiger partial charge < -0.3 is 5.32 Å². The van der Waals surface area contributed by atoms with E-state index in [2.05, 4.69) is 10.3 Å². The van der Waals surface area contributed by atoms with Crippen molar-refractivity contribution in [3.63, 3.8) is 0 Å². The lowest BCUT2D eigenvalue weighted by Gasteiger charge is -2.07. The third-order valence-corrected chi connectivity index (χ3v) is 3.44. The van der Waals surface area contributed by atoms with Crippen LogP contribution in [0, 0.1) is 0 Å². The second kappa shape index (κ2) is 6.22. The van der Waals surface area contributed by atoms with Gasteiger partial charge in [0.2, 0.25) is 0 Å². The molecule has 0 aliphatic carbocycles. The maximum Gasteiger partial charge on any atom is 0.253 e. The summed E-state index contributed by atoms with van der Waals surface area (Å²) < 4.78 is 1.46. The summed E-state index contributed by atoms with van der Waals surface area (Å²) in [5, 5.41) is 4.94. The Morgan fingerprint density at radius 3 is 2.73 bits per heavy atom. The molecule has 5 nitrogen and oxygen atoms in total. The second-order valence-corrected chi connectivity index (χ2v) is 4.93. The van der Waals surface area contributed by atoms with Gasteiger partial charge in [-0.2, -0.15) is 0 Å². The Kier molecular flexibility index (Phi) is 3.96. The lowest BCUT2D eigenvalue weighted by Crippen LogP contribution is -2.30. The Balaban J connectivity index is 1.66. The monoisotopic (exact) mass is 293 g/mol. The average Bonchev–Trinajstić information content (AvgIpc) is 2.56. The van der Waals surface area contributed by atoms with Crippen molar-refractivity contribution in [2.75, 3.05) is 6.54 Å². The third kappa shape index (κ3) is 3.03. The van der Waals surface area contributed by atoms with E-state index in [1.54, 1.807) is 6.07 Å². The first-order chi connectivity index (χ1) is 10.7. The molecule has 0 aliphatic heterocycles. The molecule has 0 unspecified atom stereocenters. The van der Waals surface area contributed by atoms with Crippen LogP contribution in [-0.4, -0.2) is 22.0 Å². The molecule has 0 aliphatic rings. The van der Waals surface area contributed by atoms with Gasteiger partial charge in [-0.05, 0) is 22.9 Å². The highest BCUT2D eigenvalue weighted by Gasteiger charge is 2.05. The fraction of sp³-hybridized carbons (Fsp3) is 0.118. The number of hydrogen-bond donors (Lipinski definition) is 1. The number of rotatable bonds is 4. The molecule has 1 amide bonds. The molecule has 1 N–H and O–H groups in total. The van der Waals surface area contributed by atoms with Gasteiger partial charge in [0, 0.05) is 30.9 Å². The molecule has 0 radical (unpaired) electrons. The van der Waals surface area contributed by atoms with E-state index in [1.165, 1.54) is 23.2 Å². The van der Waals surface area contributed by atoms with E-state index in [1.807, 2.05) is 36.4 Å². The van der Waals surface area contributed by atoms with Crippen LogP contribution in [0.1, 0.15) is 10.4 Å². The molecule has 0 atom stereocenters. The van der Waals surface area contributed by atoms with Gasteiger partial charge in [0.25, 0.3) is 11.5 Å². The van der Waals surface area contributed by atoms with Gasteiger partial charge >= 0.3 is 0 Å². The van der Waals surface area contributed by atoms with Gasteiger partial charge in [-0.3, -0.25) is 14.2 Å². The summed E-state index contributed by atoms with van der Waals surface area (Å²) in [6, 6.07) is 14.9. The summed E-state index contributed by atoms with van der Waals surface area (Å²) in [6.07, 6.45) is 2.91. The molecule has 5 heteroatoms. The number of benzene rings is 2. The fourth-order valence-electron chi connectivity index (χ4n) is 2.27. The quantitative estimate of drug-likeness (QED) is 0.798. The third-order valence-electron chi connectivity index (χ3n) is 3.44. The maximum atomic E-state index is 12.1. The first-order valence-corrected chi connectivity index (χ1v) is 7.01. The first-order valence-electron chi connectivity index (χ1n) is 7.01. The molecular formula is C17H15N3O2. The van der Waals surface area contributed by atoms with Crippen LogP contribution in [0.2, 0.25) is 0 Å². The van der Waals surface area contributed by atoms with E-state index in [4.69, 9.17) is 0 Å². The van der Waals surface area contributed by atoms with Gasteiger partial charge in [0.05, 0.1) is 6.33 Å². The largest absolute Gasteiger partial charge is 0.350 e. The molecule has 110 valence electrons. The lowest BCUT2D eigenvalue weighted by atomic mass is 10.1. The zero-order valence-corrected chi connectivity index (χ0v) is 11.9. The molecule has 2 aromatic carbocycles. The predicted molar refractivity (Wildman–Crippen MR) is 84.8 cm³/mol. The number of hydrogen-bond acceptors (Lipinski definition) is 3. The van der Waals surface area contributed by atoms with Crippen molar-refractivity contribution in [1.29, 1.82) is 0 Å². The summed E-state index contributed by atoms with van der Waals surface area (Å²) in [7, 11) is 0. The Hall–Kier alpha value is -2.95. The Morgan fingerprint density at radius 2 is 1.91 bits per heavy atom. The van der Waals surface area contributed by atoms with Crippen molar-refractivity contribution in [1.82, 2.24) is 14.9 Å². The number of carbonyl (C=O) groups is 1. The SMILES string of the molecule is O=C(NCCn1cnccc1=O)c1ccc2ccccc2c1. The molecule has 0 saturated carbocycles. The van der Waals surface area contributed by atoms with Gasteiger partial charge in [-0.25, -0.2) is 4.98 Å². The van der Waals surface area contributed by atoms with E-state index in [-0.39, 0.29) is 11.5 Å². The van der Waals surface area contributed by atoms with E-state index < -0.39 is 0 Å². The molecular weight excluding hydrogens is 278 g/mol. The summed E-state index contributed by atoms with van der Waals surface area (Å²) in [6.45, 7) is 0.767. The smallest absolute Gasteiger partial charge is 0.253 e. The molecule has 1 heterocycles. The highest BCUT2D eigenvalue weighted by molar-refractivity contribution is 5.98. The maximum absolute atomic E-state index is 12.1. The molecule has 0 bridgehead atoms. The number of amides is 1. The summed E-state index contributed by atoms with van der Waals surface area (Å²) in [5.74, 6) is -0.150. The van der Waals surface area contributed by atoms with E-state index >= 15 is 0 Å². The molecule has 1 aromatic heterocycles. The summed E-state index contributed by atoms with van der Waals surface area (Å²) >= 11 is 0. The number of nitrogens with zero attached hydrogens (tertiary/aromatic N) is 2. The lowest BCUT2D eigenvalue weighted by molar-refractivity contribution is 0.0952. The van der Waals surface area contributed by atoms with E-state index in [0.29, 0.717) is 18.7 Å². The van der Waals surface area contributed by atoms with Gasteiger partial charge in [-0.1, -0.05) is 30.3 Å². The Bertz CT molecular complexity index is 871. The zero-order valence-electron chi connectivity index (χ0n) is 11.9. The van der Waals surface area contributed by atoms with Crippen LogP contribution in [0.15, 0.2) is 65.8 Å². The van der Waals surface area contributed by atoms with Crippen molar-refractivity contribution in [3.8, 4) is 0 Å². The topological polar surface area (TPSA) is 64.0 Å². The molecule has 0 fully saturated rings. The number of aromatic nitrogens is 2. The molecule has 22 heavy (non-hydrogen) atoms. The summed E-state index contributed by atoms with van der Waals surface area (Å²) in [5.41, 5.74) is 0.479. The predicted octanol–water partition coefficient (Wildman–Crippen LogP) is 1.83. The average molecular weight is 293 g/mol. The van der Waals surface area contributed by atoms with Gasteiger partial charge in [-0.15, -0.1) is 0 Å². The van der Waals surface area contributed by atoms with E-state index in [9.17, 15) is 9.59 Å². The first kappa shape index (κ1) is 14.0. The Morgan fingerprint density at radius 1 is 1.09 bits per heavy atom. The highest BCUT2D eigenvalue weighted by Crippen LogP contribution is 2.15. The fourth-order valence-corrected chi connectivity index (χ4v) is 2.27. The normalized spacial score (nSPS) is 10.5. The van der Waals surface area contributed by atoms with Crippen LogP contribution in [0.4, 0.5) is 0 Å². The van der Waals surface area contributed by atoms with Crippen molar-refractivity contribution >= 4 is 16.7 Å². The zero-order chi connectivity index (χ0) is 15.4. The highest BCUT2D eigenvalue weighted by atomic mass is 16.1. The van der Waals surface area contributed by atoms with Crippen LogP contribution in [0.3, 0.4) is 0 Å². The van der Waals surface area contributed by atoms with Crippen LogP contribution in [-0.2, 0) is 6.54 Å². The van der Waals surface area contributed by atoms with Crippen molar-refractivity contribution in [2.45, 2.75) is 6.54 Å². The molecule has 3 aromatic rings. The minimum atomic E-state index is -0.150. The van der Waals surface area contributed by atoms with Crippen molar-refractivity contribution in [3.05, 3.63) is 77.0 Å². The van der Waals surface area contributed by atoms with Crippen LogP contribution in [0.5, 0.6) is 0 Å². The standard InChI is InChI=1S/C17H15N3O2/c21-16-7-8-18-12-20(16)10-9-19-17(22)15-6-5-13-3-1-2-4-14(13)11-15/h1-8,11-12H,9-10H2,(H,19,22). The van der Waals surface area contributed by atoms with Crippen LogP contribution in [0.25, 0.3) is 10.8 Å². The van der Waals surface area contributed by atoms with Gasteiger partial charge in [0.1, 0.15) is 0 Å². The number of fused-ring (bicyclic) bond motifs is 1. The molecule has 0 spiro atoms. The number of carbonyl (C=O) groups excluding carboxylic acids is 1. The van der Waals surface area contributed by atoms with Crippen LogP contribution < -0.4 is 10.9 Å². The molecule has 3 rings (SSSR count). The van der Waals surface area contributed by atoms with Crippen LogP contribution >= 0.6 is 0 Å². The Labute approximate surface area is 127 Å². The van der Waals surface area contributed by atoms with E-state index in [0.717, 1.165) is 10.8 Å². The number of nitrogens with one attached hydrogen (secondary N) is 1.